The number of nitrogens with one attached hydrogen (secondary N) is 1. The molecular weight excluding hydrogens is 117 g/mol. The molecule has 0 aliphatic carbocycles. The van der Waals surface area contributed by atoms with Crippen LogP contribution in [0.25, 0.3) is 0 Å². The van der Waals surface area contributed by atoms with E-state index in [2.05, 4.69) is 5.32 Å². The normalized spacial score (nSPS) is 26.7. The van der Waals surface area contributed by atoms with Crippen molar-refractivity contribution >= 4 is 7.12 Å². The van der Waals surface area contributed by atoms with E-state index in [9.17, 15) is 0 Å². The van der Waals surface area contributed by atoms with Gasteiger partial charge in [-0.15, -0.1) is 0 Å². The van der Waals surface area contributed by atoms with Crippen LogP contribution in [0.4, 0.5) is 0 Å². The topological polar surface area (TPSA) is 41.5 Å². The molecule has 4 heteroatoms. The minimum atomic E-state index is -0.618. The summed E-state index contributed by atoms with van der Waals surface area (Å²) in [6, 6.07) is 0. The molecule has 0 bridgehead atoms. The Morgan fingerprint density at radius 1 is 1.78 bits per heavy atom. The number of hydrogen-bond acceptors (Lipinski definition) is 3. The van der Waals surface area contributed by atoms with Crippen molar-refractivity contribution in [2.45, 2.75) is 18.8 Å². The maximum atomic E-state index is 9.07. The summed E-state index contributed by atoms with van der Waals surface area (Å²) in [6.07, 6.45) is 2.17. The summed E-state index contributed by atoms with van der Waals surface area (Å²) in [5.74, 6) is 0.162. The fourth-order valence-electron chi connectivity index (χ4n) is 1.12. The minimum absolute atomic E-state index is 0.162. The van der Waals surface area contributed by atoms with Crippen molar-refractivity contribution in [2.75, 3.05) is 13.7 Å². The highest BCUT2D eigenvalue weighted by atomic mass is 16.5. The molecule has 1 saturated heterocycles. The van der Waals surface area contributed by atoms with Crippen LogP contribution >= 0.6 is 0 Å². The molecule has 0 aromatic heterocycles. The third-order valence-corrected chi connectivity index (χ3v) is 1.68. The summed E-state index contributed by atoms with van der Waals surface area (Å²) in [4.78, 5) is 0. The fraction of sp³-hybridized carbons (Fsp3) is 1.00. The number of rotatable bonds is 2. The van der Waals surface area contributed by atoms with E-state index < -0.39 is 7.12 Å². The van der Waals surface area contributed by atoms with Crippen LogP contribution in [0.15, 0.2) is 0 Å². The summed E-state index contributed by atoms with van der Waals surface area (Å²) in [7, 11) is 0.900. The van der Waals surface area contributed by atoms with Gasteiger partial charge in [-0.1, -0.05) is 0 Å². The average molecular weight is 129 g/mol. The first-order valence-electron chi connectivity index (χ1n) is 3.29. The third kappa shape index (κ3) is 1.68. The molecule has 2 N–H and O–H groups in total. The van der Waals surface area contributed by atoms with Gasteiger partial charge in [0.2, 0.25) is 0 Å². The Kier molecular flexibility index (Phi) is 2.51. The molecule has 1 fully saturated rings. The lowest BCUT2D eigenvalue weighted by molar-refractivity contribution is 0.308. The van der Waals surface area contributed by atoms with E-state index in [1.165, 1.54) is 7.11 Å². The first kappa shape index (κ1) is 7.06. The van der Waals surface area contributed by atoms with Crippen LogP contribution in [-0.2, 0) is 4.65 Å². The van der Waals surface area contributed by atoms with Gasteiger partial charge in [-0.3, -0.25) is 0 Å². The second-order valence-corrected chi connectivity index (χ2v) is 2.33. The van der Waals surface area contributed by atoms with E-state index in [-0.39, 0.29) is 5.94 Å². The number of hydrogen-bond donors (Lipinski definition) is 2. The van der Waals surface area contributed by atoms with Crippen molar-refractivity contribution in [1.82, 2.24) is 5.32 Å². The molecule has 9 heavy (non-hydrogen) atoms. The highest BCUT2D eigenvalue weighted by Crippen LogP contribution is 2.06. The van der Waals surface area contributed by atoms with Crippen molar-refractivity contribution in [3.8, 4) is 0 Å². The van der Waals surface area contributed by atoms with Crippen molar-refractivity contribution in [2.24, 2.45) is 0 Å². The minimum Gasteiger partial charge on any atom is -0.426 e. The Hall–Kier alpha value is -0.0551. The Morgan fingerprint density at radius 2 is 2.56 bits per heavy atom. The largest absolute Gasteiger partial charge is 0.472 e. The van der Waals surface area contributed by atoms with Gasteiger partial charge >= 0.3 is 7.12 Å². The lowest BCUT2D eigenvalue weighted by Gasteiger charge is -2.10. The van der Waals surface area contributed by atoms with Crippen LogP contribution in [0.1, 0.15) is 12.8 Å². The van der Waals surface area contributed by atoms with Gasteiger partial charge in [0.25, 0.3) is 0 Å². The molecule has 0 aromatic carbocycles. The molecule has 1 rings (SSSR count). The lowest BCUT2D eigenvalue weighted by atomic mass is 9.78. The Balaban J connectivity index is 2.24. The van der Waals surface area contributed by atoms with Gasteiger partial charge in [-0.2, -0.15) is 0 Å². The quantitative estimate of drug-likeness (QED) is 0.489. The SMILES string of the molecule is COB(O)C1CCCN1. The van der Waals surface area contributed by atoms with Crippen LogP contribution < -0.4 is 5.32 Å². The molecule has 0 radical (unpaired) electrons. The van der Waals surface area contributed by atoms with Crippen LogP contribution in [0.2, 0.25) is 0 Å². The molecule has 1 unspecified atom stereocenters. The van der Waals surface area contributed by atoms with Gasteiger partial charge in [0.05, 0.1) is 0 Å². The summed E-state index contributed by atoms with van der Waals surface area (Å²) in [5.41, 5.74) is 0. The van der Waals surface area contributed by atoms with Crippen LogP contribution in [0.5, 0.6) is 0 Å². The van der Waals surface area contributed by atoms with Gasteiger partial charge in [0.15, 0.2) is 0 Å². The first-order chi connectivity index (χ1) is 4.34. The Labute approximate surface area is 55.5 Å². The average Bonchev–Trinajstić information content (AvgIpc) is 2.37. The Morgan fingerprint density at radius 3 is 3.00 bits per heavy atom. The van der Waals surface area contributed by atoms with Gasteiger partial charge in [-0.05, 0) is 19.4 Å². The van der Waals surface area contributed by atoms with E-state index in [0.717, 1.165) is 19.4 Å². The van der Waals surface area contributed by atoms with Gasteiger partial charge in [-0.25, -0.2) is 0 Å². The zero-order valence-electron chi connectivity index (χ0n) is 5.63. The molecular formula is C5H12BNO2. The van der Waals surface area contributed by atoms with E-state index >= 15 is 0 Å². The van der Waals surface area contributed by atoms with Crippen molar-refractivity contribution in [3.05, 3.63) is 0 Å². The van der Waals surface area contributed by atoms with Crippen molar-refractivity contribution in [1.29, 1.82) is 0 Å². The van der Waals surface area contributed by atoms with E-state index in [4.69, 9.17) is 9.68 Å². The smallest absolute Gasteiger partial charge is 0.426 e. The molecule has 3 nitrogen and oxygen atoms in total. The summed E-state index contributed by atoms with van der Waals surface area (Å²) in [6.45, 7) is 1.01. The molecule has 1 aliphatic rings. The van der Waals surface area contributed by atoms with E-state index in [0.29, 0.717) is 0 Å². The predicted molar refractivity (Wildman–Crippen MR) is 36.0 cm³/mol. The lowest BCUT2D eigenvalue weighted by Crippen LogP contribution is -2.40. The van der Waals surface area contributed by atoms with Gasteiger partial charge in [0.1, 0.15) is 0 Å². The maximum Gasteiger partial charge on any atom is 0.472 e. The molecule has 1 atom stereocenters. The monoisotopic (exact) mass is 129 g/mol. The van der Waals surface area contributed by atoms with Crippen LogP contribution in [-0.4, -0.2) is 31.7 Å². The predicted octanol–water partition coefficient (Wildman–Crippen LogP) is -0.596. The second kappa shape index (κ2) is 3.20. The molecule has 52 valence electrons. The summed E-state index contributed by atoms with van der Waals surface area (Å²) >= 11 is 0. The fourth-order valence-corrected chi connectivity index (χ4v) is 1.12. The van der Waals surface area contributed by atoms with Gasteiger partial charge < -0.3 is 15.0 Å². The van der Waals surface area contributed by atoms with E-state index in [1.54, 1.807) is 0 Å². The van der Waals surface area contributed by atoms with Crippen LogP contribution in [0, 0.1) is 0 Å². The zero-order valence-corrected chi connectivity index (χ0v) is 5.63. The molecule has 1 aliphatic heterocycles. The zero-order chi connectivity index (χ0) is 6.69. The molecule has 0 amide bonds. The molecule has 1 heterocycles. The van der Waals surface area contributed by atoms with Crippen molar-refractivity contribution in [3.63, 3.8) is 0 Å². The second-order valence-electron chi connectivity index (χ2n) is 2.33. The van der Waals surface area contributed by atoms with Crippen molar-refractivity contribution < 1.29 is 9.68 Å². The van der Waals surface area contributed by atoms with E-state index in [1.807, 2.05) is 0 Å². The summed E-state index contributed by atoms with van der Waals surface area (Å²) < 4.78 is 4.73. The highest BCUT2D eigenvalue weighted by molar-refractivity contribution is 6.44. The summed E-state index contributed by atoms with van der Waals surface area (Å²) in [5, 5.41) is 12.2. The van der Waals surface area contributed by atoms with Crippen LogP contribution in [0.3, 0.4) is 0 Å². The molecule has 0 spiro atoms. The van der Waals surface area contributed by atoms with Gasteiger partial charge in [0, 0.05) is 13.1 Å². The molecule has 0 aromatic rings. The standard InChI is InChI=1S/C5H12BNO2/c1-9-6(8)5-3-2-4-7-5/h5,7-8H,2-4H2,1H3. The third-order valence-electron chi connectivity index (χ3n) is 1.68. The molecule has 0 saturated carbocycles. The first-order valence-corrected chi connectivity index (χ1v) is 3.29. The highest BCUT2D eigenvalue weighted by Gasteiger charge is 2.27. The maximum absolute atomic E-state index is 9.07. The Bertz CT molecular complexity index is 85.0.